The fraction of sp³-hybridized carbons (Fsp3) is 0.206. The second-order valence-corrected chi connectivity index (χ2v) is 21.0. The zero-order valence-electron chi connectivity index (χ0n) is 37.7. The van der Waals surface area contributed by atoms with Gasteiger partial charge in [0.2, 0.25) is 0 Å². The number of benzene rings is 8. The standard InChI is InChI=1S/C63H49BN2/c1-36-22-26-40(27-23-36)56-46-18-11-21-53-60(46)65(58(56)41-28-24-37(2)25-29-41)55-31-30-51-62-57(55)64(53)54-35-43(39-14-5-6-15-39)33-48-47-32-42(38-12-3-4-13-38)34-52(59(47)66(62)61(48)54)63(51)49-19-9-7-16-44(49)45-17-8-10-20-50(45)63/h7-11,16-35,38-39H,3-6,12-15H2,1-2H3. The fourth-order valence-corrected chi connectivity index (χ4v) is 15.0. The minimum absolute atomic E-state index is 0.0817. The maximum atomic E-state index is 2.83. The molecule has 5 heterocycles. The fourth-order valence-electron chi connectivity index (χ4n) is 15.0. The summed E-state index contributed by atoms with van der Waals surface area (Å²) >= 11 is 0. The normalized spacial score (nSPS) is 17.0. The van der Waals surface area contributed by atoms with Crippen LogP contribution >= 0.6 is 0 Å². The van der Waals surface area contributed by atoms with Crippen LogP contribution in [0.1, 0.15) is 108 Å². The Morgan fingerprint density at radius 2 is 1.06 bits per heavy atom. The summed E-state index contributed by atoms with van der Waals surface area (Å²) in [5.74, 6) is 1.19. The summed E-state index contributed by atoms with van der Waals surface area (Å²) in [7, 11) is 0. The van der Waals surface area contributed by atoms with Crippen LogP contribution in [0.5, 0.6) is 0 Å². The van der Waals surface area contributed by atoms with Crippen LogP contribution in [0.3, 0.4) is 0 Å². The Hall–Kier alpha value is -6.84. The van der Waals surface area contributed by atoms with Crippen molar-refractivity contribution in [1.29, 1.82) is 0 Å². The first-order valence-corrected chi connectivity index (χ1v) is 24.9. The van der Waals surface area contributed by atoms with Gasteiger partial charge in [-0.25, -0.2) is 0 Å². The van der Waals surface area contributed by atoms with Crippen molar-refractivity contribution in [2.24, 2.45) is 0 Å². The number of aryl methyl sites for hydroxylation is 2. The van der Waals surface area contributed by atoms with Gasteiger partial charge in [-0.1, -0.05) is 170 Å². The molecule has 0 atom stereocenters. The maximum Gasteiger partial charge on any atom is 0.252 e. The molecule has 10 aromatic rings. The van der Waals surface area contributed by atoms with E-state index < -0.39 is 5.41 Å². The Kier molecular flexibility index (Phi) is 7.02. The van der Waals surface area contributed by atoms with Gasteiger partial charge in [-0.15, -0.1) is 0 Å². The van der Waals surface area contributed by atoms with Crippen molar-refractivity contribution in [3.05, 3.63) is 196 Å². The average Bonchev–Trinajstić information content (AvgIpc) is 4.22. The van der Waals surface area contributed by atoms with Gasteiger partial charge >= 0.3 is 0 Å². The van der Waals surface area contributed by atoms with Gasteiger partial charge in [-0.3, -0.25) is 0 Å². The Labute approximate surface area is 386 Å². The summed E-state index contributed by atoms with van der Waals surface area (Å²) in [6, 6.07) is 60.8. The van der Waals surface area contributed by atoms with Gasteiger partial charge in [0.25, 0.3) is 6.71 Å². The average molecular weight is 845 g/mol. The molecule has 3 aliphatic carbocycles. The quantitative estimate of drug-likeness (QED) is 0.156. The largest absolute Gasteiger partial charge is 0.310 e. The van der Waals surface area contributed by atoms with Gasteiger partial charge < -0.3 is 9.13 Å². The van der Waals surface area contributed by atoms with E-state index in [9.17, 15) is 0 Å². The van der Waals surface area contributed by atoms with E-state index in [0.717, 1.165) is 0 Å². The minimum atomic E-state index is -0.471. The van der Waals surface area contributed by atoms with Crippen LogP contribution in [-0.4, -0.2) is 15.8 Å². The predicted molar refractivity (Wildman–Crippen MR) is 276 cm³/mol. The van der Waals surface area contributed by atoms with Crippen molar-refractivity contribution >= 4 is 55.8 Å². The van der Waals surface area contributed by atoms with Crippen LogP contribution in [0.25, 0.3) is 77.6 Å². The van der Waals surface area contributed by atoms with Crippen molar-refractivity contribution in [3.63, 3.8) is 0 Å². The molecule has 0 bridgehead atoms. The third kappa shape index (κ3) is 4.33. The van der Waals surface area contributed by atoms with Gasteiger partial charge in [-0.05, 0) is 142 Å². The lowest BCUT2D eigenvalue weighted by atomic mass is 9.33. The Morgan fingerprint density at radius 1 is 0.470 bits per heavy atom. The number of aromatic nitrogens is 2. The highest BCUT2D eigenvalue weighted by Crippen LogP contribution is 2.62. The first-order chi connectivity index (χ1) is 32.6. The maximum absolute atomic E-state index is 2.83. The van der Waals surface area contributed by atoms with E-state index >= 15 is 0 Å². The predicted octanol–water partition coefficient (Wildman–Crippen LogP) is 13.8. The van der Waals surface area contributed by atoms with Crippen molar-refractivity contribution in [1.82, 2.24) is 9.13 Å². The molecule has 1 spiro atoms. The molecular formula is C63H49BN2. The van der Waals surface area contributed by atoms with Crippen molar-refractivity contribution in [3.8, 4) is 44.9 Å². The molecule has 3 aliphatic heterocycles. The summed E-state index contributed by atoms with van der Waals surface area (Å²) in [4.78, 5) is 0. The van der Waals surface area contributed by atoms with Gasteiger partial charge in [0.15, 0.2) is 0 Å². The number of fused-ring (bicyclic) bond motifs is 11. The Morgan fingerprint density at radius 3 is 1.73 bits per heavy atom. The van der Waals surface area contributed by atoms with Crippen molar-refractivity contribution < 1.29 is 0 Å². The zero-order chi connectivity index (χ0) is 43.2. The van der Waals surface area contributed by atoms with E-state index in [1.54, 1.807) is 11.1 Å². The van der Waals surface area contributed by atoms with Crippen LogP contribution in [0, 0.1) is 13.8 Å². The third-order valence-corrected chi connectivity index (χ3v) is 17.7. The molecule has 0 radical (unpaired) electrons. The molecular weight excluding hydrogens is 796 g/mol. The molecule has 2 fully saturated rings. The lowest BCUT2D eigenvalue weighted by molar-refractivity contribution is 0.710. The van der Waals surface area contributed by atoms with Crippen molar-refractivity contribution in [2.75, 3.05) is 0 Å². The van der Waals surface area contributed by atoms with Crippen molar-refractivity contribution in [2.45, 2.75) is 82.5 Å². The molecule has 8 aromatic carbocycles. The highest BCUT2D eigenvalue weighted by Gasteiger charge is 2.54. The summed E-state index contributed by atoms with van der Waals surface area (Å²) in [5.41, 5.74) is 30.2. The number of nitrogens with zero attached hydrogens (tertiary/aromatic N) is 2. The minimum Gasteiger partial charge on any atom is -0.310 e. The second kappa shape index (κ2) is 12.7. The molecule has 3 heteroatoms. The van der Waals surface area contributed by atoms with Crippen LogP contribution in [0.2, 0.25) is 0 Å². The van der Waals surface area contributed by atoms with E-state index in [0.29, 0.717) is 11.8 Å². The molecule has 2 nitrogen and oxygen atoms in total. The number of rotatable bonds is 4. The Bertz CT molecular complexity index is 3740. The molecule has 66 heavy (non-hydrogen) atoms. The monoisotopic (exact) mass is 844 g/mol. The van der Waals surface area contributed by atoms with E-state index in [1.165, 1.54) is 179 Å². The molecule has 0 unspecified atom stereocenters. The van der Waals surface area contributed by atoms with Crippen LogP contribution in [0.4, 0.5) is 0 Å². The molecule has 2 aromatic heterocycles. The van der Waals surface area contributed by atoms with Gasteiger partial charge in [0, 0.05) is 44.1 Å². The van der Waals surface area contributed by atoms with E-state index in [1.807, 2.05) is 0 Å². The zero-order valence-corrected chi connectivity index (χ0v) is 37.7. The van der Waals surface area contributed by atoms with Crippen LogP contribution in [-0.2, 0) is 5.41 Å². The summed E-state index contributed by atoms with van der Waals surface area (Å²) < 4.78 is 5.54. The number of hydrogen-bond donors (Lipinski definition) is 0. The van der Waals surface area contributed by atoms with Crippen LogP contribution < -0.4 is 16.4 Å². The smallest absolute Gasteiger partial charge is 0.252 e. The molecule has 6 aliphatic rings. The first-order valence-electron chi connectivity index (χ1n) is 24.9. The Balaban J connectivity index is 1.13. The lowest BCUT2D eigenvalue weighted by Gasteiger charge is -2.44. The molecule has 314 valence electrons. The van der Waals surface area contributed by atoms with E-state index in [-0.39, 0.29) is 6.71 Å². The molecule has 0 amide bonds. The van der Waals surface area contributed by atoms with Gasteiger partial charge in [0.1, 0.15) is 0 Å². The number of para-hydroxylation sites is 1. The van der Waals surface area contributed by atoms with E-state index in [4.69, 9.17) is 0 Å². The van der Waals surface area contributed by atoms with Gasteiger partial charge in [0.05, 0.1) is 16.6 Å². The first kappa shape index (κ1) is 36.4. The lowest BCUT2D eigenvalue weighted by Crippen LogP contribution is -2.60. The van der Waals surface area contributed by atoms with Gasteiger partial charge in [-0.2, -0.15) is 0 Å². The number of hydrogen-bond acceptors (Lipinski definition) is 0. The highest BCUT2D eigenvalue weighted by atomic mass is 15.1. The highest BCUT2D eigenvalue weighted by molar-refractivity contribution is 7.00. The molecule has 0 saturated heterocycles. The third-order valence-electron chi connectivity index (χ3n) is 17.7. The molecule has 2 saturated carbocycles. The summed E-state index contributed by atoms with van der Waals surface area (Å²) in [5, 5.41) is 4.27. The van der Waals surface area contributed by atoms with Crippen LogP contribution in [0.15, 0.2) is 152 Å². The topological polar surface area (TPSA) is 9.86 Å². The second-order valence-electron chi connectivity index (χ2n) is 21.0. The SMILES string of the molecule is Cc1ccc(-c2c(-c3ccc(C)cc3)n3c4c(cccc24)B2c4c-3ccc3c4-n4c5c2cc(C2CCCC2)cc5c2cc(C5CCCC5)cc(c24)C32c3ccccc3-c3ccccc32)cc1. The molecule has 0 N–H and O–H groups in total. The summed E-state index contributed by atoms with van der Waals surface area (Å²) in [6.07, 6.45) is 10.4. The summed E-state index contributed by atoms with van der Waals surface area (Å²) in [6.45, 7) is 4.49. The van der Waals surface area contributed by atoms with E-state index in [2.05, 4.69) is 175 Å². The molecule has 16 rings (SSSR count).